The van der Waals surface area contributed by atoms with E-state index in [1.807, 2.05) is 30.3 Å². The second-order valence-electron chi connectivity index (χ2n) is 2.40. The van der Waals surface area contributed by atoms with Crippen LogP contribution in [0.15, 0.2) is 30.3 Å². The molecular formula is C9H8O3Y. The van der Waals surface area contributed by atoms with Gasteiger partial charge in [0.2, 0.25) is 0 Å². The SMILES string of the molecule is O=[CH][Y][C](=O)OCc1ccccc1. The number of carbonyl (C=O) groups excluding carboxylic acids is 2. The molecule has 1 aromatic carbocycles. The van der Waals surface area contributed by atoms with E-state index in [9.17, 15) is 9.59 Å². The van der Waals surface area contributed by atoms with Crippen LogP contribution < -0.4 is 0 Å². The van der Waals surface area contributed by atoms with E-state index in [4.69, 9.17) is 4.74 Å². The summed E-state index contributed by atoms with van der Waals surface area (Å²) in [6.07, 6.45) is 0. The summed E-state index contributed by atoms with van der Waals surface area (Å²) in [5.41, 5.74) is 0.949. The van der Waals surface area contributed by atoms with Crippen molar-refractivity contribution in [3.05, 3.63) is 35.9 Å². The molecule has 1 rings (SSSR count). The van der Waals surface area contributed by atoms with Gasteiger partial charge in [0.05, 0.1) is 0 Å². The van der Waals surface area contributed by atoms with Crippen LogP contribution in [0.2, 0.25) is 0 Å². The molecule has 0 N–H and O–H groups in total. The first-order valence-corrected chi connectivity index (χ1v) is 6.88. The van der Waals surface area contributed by atoms with Gasteiger partial charge < -0.3 is 0 Å². The summed E-state index contributed by atoms with van der Waals surface area (Å²) in [5, 5.41) is 0. The Morgan fingerprint density at radius 2 is 2.08 bits per heavy atom. The van der Waals surface area contributed by atoms with Crippen LogP contribution in [0.5, 0.6) is 0 Å². The normalized spacial score (nSPS) is 8.62. The topological polar surface area (TPSA) is 43.4 Å². The van der Waals surface area contributed by atoms with E-state index in [0.29, 0.717) is 0 Å². The van der Waals surface area contributed by atoms with Crippen molar-refractivity contribution < 1.29 is 43.5 Å². The zero-order valence-electron chi connectivity index (χ0n) is 6.97. The maximum atomic E-state index is 10.8. The van der Waals surface area contributed by atoms with Crippen LogP contribution in [0.25, 0.3) is 0 Å². The Morgan fingerprint density at radius 1 is 1.38 bits per heavy atom. The molecular weight excluding hydrogens is 245 g/mol. The van der Waals surface area contributed by atoms with Crippen molar-refractivity contribution in [2.24, 2.45) is 0 Å². The van der Waals surface area contributed by atoms with Crippen LogP contribution in [0, 0.1) is 0 Å². The van der Waals surface area contributed by atoms with Gasteiger partial charge in [-0.1, -0.05) is 0 Å². The molecule has 0 bridgehead atoms. The van der Waals surface area contributed by atoms with Gasteiger partial charge >= 0.3 is 91.9 Å². The predicted octanol–water partition coefficient (Wildman–Crippen LogP) is 1.60. The van der Waals surface area contributed by atoms with Crippen molar-refractivity contribution in [3.8, 4) is 0 Å². The zero-order valence-corrected chi connectivity index (χ0v) is 9.81. The summed E-state index contributed by atoms with van der Waals surface area (Å²) in [6.45, 7) is 0.277. The molecule has 65 valence electrons. The summed E-state index contributed by atoms with van der Waals surface area (Å²) < 4.78 is 5.31. The van der Waals surface area contributed by atoms with E-state index in [2.05, 4.69) is 0 Å². The van der Waals surface area contributed by atoms with E-state index in [-0.39, 0.29) is 9.39 Å². The molecule has 0 amide bonds. The number of hydrogen-bond donors (Lipinski definition) is 0. The molecule has 0 unspecified atom stereocenters. The first-order chi connectivity index (χ1) is 6.33. The van der Waals surface area contributed by atoms with E-state index < -0.39 is 29.2 Å². The van der Waals surface area contributed by atoms with Crippen molar-refractivity contribution in [2.45, 2.75) is 6.61 Å². The Kier molecular flexibility index (Phi) is 4.87. The Labute approximate surface area is 91.5 Å². The first kappa shape index (κ1) is 10.5. The second-order valence-corrected chi connectivity index (χ2v) is 5.04. The van der Waals surface area contributed by atoms with Gasteiger partial charge in [0.15, 0.2) is 0 Å². The number of hydrogen-bond acceptors (Lipinski definition) is 3. The number of ether oxygens (including phenoxy) is 1. The van der Waals surface area contributed by atoms with Gasteiger partial charge in [0.1, 0.15) is 0 Å². The minimum atomic E-state index is -1.73. The van der Waals surface area contributed by atoms with Gasteiger partial charge in [-0.05, 0) is 0 Å². The van der Waals surface area contributed by atoms with Crippen molar-refractivity contribution in [1.82, 2.24) is 0 Å². The van der Waals surface area contributed by atoms with Crippen molar-refractivity contribution in [2.75, 3.05) is 0 Å². The van der Waals surface area contributed by atoms with Gasteiger partial charge in [-0.2, -0.15) is 0 Å². The van der Waals surface area contributed by atoms with Crippen molar-refractivity contribution in [1.29, 1.82) is 0 Å². The molecule has 0 spiro atoms. The van der Waals surface area contributed by atoms with Gasteiger partial charge in [-0.3, -0.25) is 0 Å². The maximum absolute atomic E-state index is 10.8. The van der Waals surface area contributed by atoms with Crippen LogP contribution in [0.3, 0.4) is 0 Å². The third-order valence-electron chi connectivity index (χ3n) is 1.43. The van der Waals surface area contributed by atoms with Gasteiger partial charge in [-0.15, -0.1) is 0 Å². The fraction of sp³-hybridized carbons (Fsp3) is 0.111. The molecule has 0 saturated carbocycles. The zero-order chi connectivity index (χ0) is 9.52. The second kappa shape index (κ2) is 6.00. The Bertz CT molecular complexity index is 284. The average molecular weight is 253 g/mol. The standard InChI is InChI=1S/C8H7O2.CHO.Y/c9-7-10-6-8-4-2-1-3-5-8;1-2;/h1-5H,6H2;1H;. The molecule has 0 atom stereocenters. The van der Waals surface area contributed by atoms with Gasteiger partial charge in [0, 0.05) is 0 Å². The van der Waals surface area contributed by atoms with Crippen LogP contribution in [0.1, 0.15) is 5.56 Å². The van der Waals surface area contributed by atoms with Gasteiger partial charge in [-0.25, -0.2) is 0 Å². The fourth-order valence-corrected chi connectivity index (χ4v) is 1.55. The molecule has 0 saturated heterocycles. The summed E-state index contributed by atoms with van der Waals surface area (Å²) in [4.78, 5) is 20.9. The first-order valence-electron chi connectivity index (χ1n) is 3.82. The average Bonchev–Trinajstić information content (AvgIpc) is 2.17. The summed E-state index contributed by atoms with van der Waals surface area (Å²) in [7, 11) is 0. The number of carbonyl (C=O) groups is 2. The number of benzene rings is 1. The molecule has 0 aliphatic heterocycles. The Hall–Kier alpha value is -0.536. The minimum absolute atomic E-state index is 0.277. The summed E-state index contributed by atoms with van der Waals surface area (Å²) in [5.74, 6) is 0. The molecule has 0 aromatic heterocycles. The molecule has 0 heterocycles. The molecule has 0 radical (unpaired) electrons. The molecule has 0 aliphatic rings. The number of rotatable bonds is 4. The van der Waals surface area contributed by atoms with E-state index in [1.54, 1.807) is 0 Å². The monoisotopic (exact) mass is 253 g/mol. The molecule has 3 nitrogen and oxygen atoms in total. The summed E-state index contributed by atoms with van der Waals surface area (Å²) in [6, 6.07) is 9.41. The molecule has 4 heteroatoms. The molecule has 0 aliphatic carbocycles. The van der Waals surface area contributed by atoms with Crippen LogP contribution in [-0.4, -0.2) is 5.88 Å². The van der Waals surface area contributed by atoms with Crippen LogP contribution in [0.4, 0.5) is 4.79 Å². The molecule has 0 fully saturated rings. The van der Waals surface area contributed by atoms with E-state index in [0.717, 1.165) is 8.66 Å². The van der Waals surface area contributed by atoms with E-state index in [1.165, 1.54) is 0 Å². The van der Waals surface area contributed by atoms with Crippen molar-refractivity contribution >= 4 is 5.88 Å². The third kappa shape index (κ3) is 4.29. The van der Waals surface area contributed by atoms with E-state index >= 15 is 0 Å². The fourth-order valence-electron chi connectivity index (χ4n) is 0.832. The Balaban J connectivity index is 2.35. The van der Waals surface area contributed by atoms with Crippen molar-refractivity contribution in [3.63, 3.8) is 0 Å². The predicted molar refractivity (Wildman–Crippen MR) is 43.4 cm³/mol. The Morgan fingerprint density at radius 3 is 2.69 bits per heavy atom. The van der Waals surface area contributed by atoms with Crippen LogP contribution >= 0.6 is 0 Å². The quantitative estimate of drug-likeness (QED) is 0.765. The molecule has 1 aromatic rings. The summed E-state index contributed by atoms with van der Waals surface area (Å²) >= 11 is -1.73. The van der Waals surface area contributed by atoms with Gasteiger partial charge in [0.25, 0.3) is 0 Å². The van der Waals surface area contributed by atoms with Crippen LogP contribution in [-0.2, 0) is 45.3 Å². The third-order valence-corrected chi connectivity index (χ3v) is 2.84. The molecule has 13 heavy (non-hydrogen) atoms.